The number of amides is 1. The molecule has 0 unspecified atom stereocenters. The molecule has 28 heavy (non-hydrogen) atoms. The molecular weight excluding hydrogens is 352 g/mol. The molecule has 3 heterocycles. The molecule has 0 aliphatic carbocycles. The average molecular weight is 376 g/mol. The highest BCUT2D eigenvalue weighted by atomic mass is 16.4. The number of benzene rings is 1. The summed E-state index contributed by atoms with van der Waals surface area (Å²) in [5.41, 5.74) is 2.90. The van der Waals surface area contributed by atoms with Gasteiger partial charge in [-0.15, -0.1) is 0 Å². The molecule has 3 aromatic rings. The van der Waals surface area contributed by atoms with E-state index < -0.39 is 0 Å². The van der Waals surface area contributed by atoms with E-state index in [2.05, 4.69) is 14.9 Å². The van der Waals surface area contributed by atoms with Gasteiger partial charge < -0.3 is 9.32 Å². The Kier molecular flexibility index (Phi) is 5.48. The Morgan fingerprint density at radius 2 is 1.75 bits per heavy atom. The fourth-order valence-electron chi connectivity index (χ4n) is 3.45. The normalized spacial score (nSPS) is 15.0. The van der Waals surface area contributed by atoms with Crippen LogP contribution >= 0.6 is 0 Å². The molecule has 0 atom stereocenters. The Labute approximate surface area is 164 Å². The highest BCUT2D eigenvalue weighted by Gasteiger charge is 2.23. The van der Waals surface area contributed by atoms with Crippen molar-refractivity contribution in [2.45, 2.75) is 19.9 Å². The van der Waals surface area contributed by atoms with Crippen LogP contribution in [0.15, 0.2) is 59.3 Å². The molecule has 1 saturated heterocycles. The monoisotopic (exact) mass is 376 g/mol. The summed E-state index contributed by atoms with van der Waals surface area (Å²) in [6.07, 6.45) is 3.92. The van der Waals surface area contributed by atoms with Crippen molar-refractivity contribution >= 4 is 5.91 Å². The number of oxazole rings is 1. The first-order valence-electron chi connectivity index (χ1n) is 9.60. The maximum Gasteiger partial charge on any atom is 0.228 e. The summed E-state index contributed by atoms with van der Waals surface area (Å²) < 4.78 is 5.78. The molecule has 2 aromatic heterocycles. The Hall–Kier alpha value is -2.99. The molecule has 1 aliphatic rings. The minimum atomic E-state index is 0.111. The first kappa shape index (κ1) is 18.4. The van der Waals surface area contributed by atoms with E-state index >= 15 is 0 Å². The van der Waals surface area contributed by atoms with Gasteiger partial charge in [-0.1, -0.05) is 18.2 Å². The Morgan fingerprint density at radius 3 is 2.46 bits per heavy atom. The van der Waals surface area contributed by atoms with Gasteiger partial charge in [-0.3, -0.25) is 14.7 Å². The Morgan fingerprint density at radius 1 is 1.04 bits per heavy atom. The minimum absolute atomic E-state index is 0.111. The summed E-state index contributed by atoms with van der Waals surface area (Å²) in [6, 6.07) is 13.8. The van der Waals surface area contributed by atoms with Gasteiger partial charge in [-0.2, -0.15) is 0 Å². The van der Waals surface area contributed by atoms with Crippen LogP contribution in [0.5, 0.6) is 0 Å². The van der Waals surface area contributed by atoms with Crippen LogP contribution in [0, 0.1) is 6.92 Å². The van der Waals surface area contributed by atoms with Gasteiger partial charge in [0.1, 0.15) is 5.76 Å². The molecular formula is C22H24N4O2. The number of carbonyl (C=O) groups is 1. The molecule has 1 aliphatic heterocycles. The zero-order valence-corrected chi connectivity index (χ0v) is 16.0. The standard InChI is InChI=1S/C22H24N4O2/c1-17-20(24-22(28-17)19-5-3-2-4-6-19)15-21(27)26-13-11-25(12-14-26)16-18-7-9-23-10-8-18/h2-10H,11-16H2,1H3. The molecule has 0 radical (unpaired) electrons. The van der Waals surface area contributed by atoms with Crippen molar-refractivity contribution in [2.75, 3.05) is 26.2 Å². The summed E-state index contributed by atoms with van der Waals surface area (Å²) in [6.45, 7) is 6.00. The van der Waals surface area contributed by atoms with Crippen LogP contribution < -0.4 is 0 Å². The first-order chi connectivity index (χ1) is 13.7. The summed E-state index contributed by atoms with van der Waals surface area (Å²) in [4.78, 5) is 25.7. The van der Waals surface area contributed by atoms with Gasteiger partial charge in [0.25, 0.3) is 0 Å². The number of hydrogen-bond acceptors (Lipinski definition) is 5. The van der Waals surface area contributed by atoms with Gasteiger partial charge >= 0.3 is 0 Å². The molecule has 0 bridgehead atoms. The van der Waals surface area contributed by atoms with Crippen LogP contribution in [-0.2, 0) is 17.8 Å². The third-order valence-corrected chi connectivity index (χ3v) is 5.11. The van der Waals surface area contributed by atoms with Crippen LogP contribution in [0.25, 0.3) is 11.5 Å². The number of pyridine rings is 1. The molecule has 1 fully saturated rings. The third-order valence-electron chi connectivity index (χ3n) is 5.11. The Balaban J connectivity index is 1.33. The fraction of sp³-hybridized carbons (Fsp3) is 0.318. The molecule has 0 saturated carbocycles. The van der Waals surface area contributed by atoms with Crippen LogP contribution in [0.4, 0.5) is 0 Å². The predicted molar refractivity (Wildman–Crippen MR) is 106 cm³/mol. The largest absolute Gasteiger partial charge is 0.441 e. The van der Waals surface area contributed by atoms with Crippen molar-refractivity contribution in [1.29, 1.82) is 0 Å². The quantitative estimate of drug-likeness (QED) is 0.685. The van der Waals surface area contributed by atoms with E-state index in [4.69, 9.17) is 4.42 Å². The van der Waals surface area contributed by atoms with Gasteiger partial charge in [0.05, 0.1) is 12.1 Å². The summed E-state index contributed by atoms with van der Waals surface area (Å²) in [7, 11) is 0. The lowest BCUT2D eigenvalue weighted by Gasteiger charge is -2.34. The molecule has 6 nitrogen and oxygen atoms in total. The van der Waals surface area contributed by atoms with Gasteiger partial charge in [-0.25, -0.2) is 4.98 Å². The molecule has 1 amide bonds. The number of rotatable bonds is 5. The second-order valence-corrected chi connectivity index (χ2v) is 7.08. The lowest BCUT2D eigenvalue weighted by molar-refractivity contribution is -0.132. The highest BCUT2D eigenvalue weighted by molar-refractivity contribution is 5.78. The molecule has 4 rings (SSSR count). The van der Waals surface area contributed by atoms with Gasteiger partial charge in [0, 0.05) is 50.7 Å². The van der Waals surface area contributed by atoms with Gasteiger partial charge in [0.15, 0.2) is 0 Å². The van der Waals surface area contributed by atoms with Crippen molar-refractivity contribution < 1.29 is 9.21 Å². The van der Waals surface area contributed by atoms with E-state index in [0.717, 1.165) is 44.0 Å². The predicted octanol–water partition coefficient (Wildman–Crippen LogP) is 2.93. The SMILES string of the molecule is Cc1oc(-c2ccccc2)nc1CC(=O)N1CCN(Cc2ccncc2)CC1. The van der Waals surface area contributed by atoms with Gasteiger partial charge in [0.2, 0.25) is 11.8 Å². The van der Waals surface area contributed by atoms with Crippen molar-refractivity contribution in [3.63, 3.8) is 0 Å². The number of piperazine rings is 1. The summed E-state index contributed by atoms with van der Waals surface area (Å²) >= 11 is 0. The van der Waals surface area contributed by atoms with Crippen LogP contribution in [0.3, 0.4) is 0 Å². The second-order valence-electron chi connectivity index (χ2n) is 7.08. The van der Waals surface area contributed by atoms with E-state index in [1.54, 1.807) is 0 Å². The van der Waals surface area contributed by atoms with Crippen molar-refractivity contribution in [2.24, 2.45) is 0 Å². The number of aromatic nitrogens is 2. The van der Waals surface area contributed by atoms with Crippen LogP contribution in [0.2, 0.25) is 0 Å². The number of hydrogen-bond donors (Lipinski definition) is 0. The zero-order chi connectivity index (χ0) is 19.3. The third kappa shape index (κ3) is 4.28. The highest BCUT2D eigenvalue weighted by Crippen LogP contribution is 2.22. The van der Waals surface area contributed by atoms with E-state index in [1.165, 1.54) is 5.56 Å². The minimum Gasteiger partial charge on any atom is -0.441 e. The lowest BCUT2D eigenvalue weighted by Crippen LogP contribution is -2.48. The molecule has 0 N–H and O–H groups in total. The molecule has 6 heteroatoms. The molecule has 0 spiro atoms. The smallest absolute Gasteiger partial charge is 0.228 e. The molecule has 144 valence electrons. The van der Waals surface area contributed by atoms with Crippen LogP contribution in [-0.4, -0.2) is 51.9 Å². The van der Waals surface area contributed by atoms with Gasteiger partial charge in [-0.05, 0) is 36.8 Å². The van der Waals surface area contributed by atoms with Crippen molar-refractivity contribution in [3.05, 3.63) is 71.9 Å². The average Bonchev–Trinajstić information content (AvgIpc) is 3.10. The van der Waals surface area contributed by atoms with E-state index in [-0.39, 0.29) is 12.3 Å². The number of nitrogens with zero attached hydrogens (tertiary/aromatic N) is 4. The Bertz CT molecular complexity index is 916. The first-order valence-corrected chi connectivity index (χ1v) is 9.60. The lowest BCUT2D eigenvalue weighted by atomic mass is 10.2. The van der Waals surface area contributed by atoms with E-state index in [9.17, 15) is 4.79 Å². The maximum absolute atomic E-state index is 12.7. The van der Waals surface area contributed by atoms with E-state index in [0.29, 0.717) is 11.7 Å². The number of carbonyl (C=O) groups excluding carboxylic acids is 1. The van der Waals surface area contributed by atoms with Crippen LogP contribution in [0.1, 0.15) is 17.0 Å². The zero-order valence-electron chi connectivity index (χ0n) is 16.0. The van der Waals surface area contributed by atoms with Crippen molar-refractivity contribution in [1.82, 2.24) is 19.8 Å². The molecule has 1 aromatic carbocycles. The summed E-state index contributed by atoms with van der Waals surface area (Å²) in [5.74, 6) is 1.39. The maximum atomic E-state index is 12.7. The van der Waals surface area contributed by atoms with E-state index in [1.807, 2.05) is 66.7 Å². The number of aryl methyl sites for hydroxylation is 1. The second kappa shape index (κ2) is 8.35. The summed E-state index contributed by atoms with van der Waals surface area (Å²) in [5, 5.41) is 0. The fourth-order valence-corrected chi connectivity index (χ4v) is 3.45. The topological polar surface area (TPSA) is 62.5 Å². The van der Waals surface area contributed by atoms with Crippen molar-refractivity contribution in [3.8, 4) is 11.5 Å².